The zero-order valence-corrected chi connectivity index (χ0v) is 26.5. The maximum Gasteiger partial charge on any atom is 0.229 e. The Kier molecular flexibility index (Phi) is 11.3. The third-order valence-electron chi connectivity index (χ3n) is 7.65. The van der Waals surface area contributed by atoms with Crippen LogP contribution in [0.2, 0.25) is 0 Å². The summed E-state index contributed by atoms with van der Waals surface area (Å²) in [4.78, 5) is 0. The molecule has 0 saturated heterocycles. The molecule has 4 N–H and O–H groups in total. The van der Waals surface area contributed by atoms with Crippen molar-refractivity contribution in [1.82, 2.24) is 0 Å². The first kappa shape index (κ1) is 32.9. The lowest BCUT2D eigenvalue weighted by Crippen LogP contribution is -2.28. The molecule has 4 aromatic carbocycles. The molecule has 0 aliphatic carbocycles. The standard InChI is InChI=1S/C35H42N2O6S/c1-24(20-31(26-10-15-29(41-2)16-11-26)27-12-17-30(42-3)18-13-27)21-33(38)35(36)28-14-19-34(32(22-28)37-44(4,39)40)43-23-25-8-6-5-7-9-25/h5-19,22,24,31,33,35,37-38H,20-21,23,36H2,1-4H3/t24?,33-,35?/m1/s1. The Balaban J connectivity index is 1.49. The molecule has 9 heteroatoms. The van der Waals surface area contributed by atoms with Gasteiger partial charge in [-0.2, -0.15) is 0 Å². The van der Waals surface area contributed by atoms with E-state index in [9.17, 15) is 13.5 Å². The first-order valence-electron chi connectivity index (χ1n) is 14.6. The van der Waals surface area contributed by atoms with Gasteiger partial charge in [-0.15, -0.1) is 0 Å². The SMILES string of the molecule is COc1ccc(C(CC(C)C[C@@H](O)C(N)c2ccc(OCc3ccccc3)c(NS(C)(=O)=O)c2)c2ccc(OC)cc2)cc1. The molecule has 4 aromatic rings. The van der Waals surface area contributed by atoms with Crippen molar-refractivity contribution in [2.45, 2.75) is 44.4 Å². The molecule has 0 heterocycles. The molecule has 0 aliphatic heterocycles. The minimum absolute atomic E-state index is 0.0804. The number of hydrogen-bond acceptors (Lipinski definition) is 7. The molecular weight excluding hydrogens is 576 g/mol. The van der Waals surface area contributed by atoms with Crippen LogP contribution < -0.4 is 24.7 Å². The molecule has 4 rings (SSSR count). The smallest absolute Gasteiger partial charge is 0.229 e. The fourth-order valence-electron chi connectivity index (χ4n) is 5.31. The minimum Gasteiger partial charge on any atom is -0.497 e. The van der Waals surface area contributed by atoms with Gasteiger partial charge in [0.05, 0.1) is 38.3 Å². The quantitative estimate of drug-likeness (QED) is 0.144. The van der Waals surface area contributed by atoms with Crippen molar-refractivity contribution in [3.8, 4) is 17.2 Å². The molecule has 0 spiro atoms. The van der Waals surface area contributed by atoms with Gasteiger partial charge in [-0.25, -0.2) is 8.42 Å². The van der Waals surface area contributed by atoms with Gasteiger partial charge in [0.2, 0.25) is 10.0 Å². The third kappa shape index (κ3) is 9.22. The van der Waals surface area contributed by atoms with E-state index in [1.54, 1.807) is 32.4 Å². The first-order chi connectivity index (χ1) is 21.1. The van der Waals surface area contributed by atoms with Crippen LogP contribution in [0.1, 0.15) is 54.0 Å². The van der Waals surface area contributed by atoms with E-state index in [4.69, 9.17) is 19.9 Å². The predicted molar refractivity (Wildman–Crippen MR) is 175 cm³/mol. The van der Waals surface area contributed by atoms with Gasteiger partial charge in [0.15, 0.2) is 0 Å². The van der Waals surface area contributed by atoms with E-state index in [0.29, 0.717) is 17.7 Å². The van der Waals surface area contributed by atoms with Crippen molar-refractivity contribution in [3.63, 3.8) is 0 Å². The van der Waals surface area contributed by atoms with Crippen LogP contribution in [0.4, 0.5) is 5.69 Å². The molecule has 0 saturated carbocycles. The van der Waals surface area contributed by atoms with Crippen molar-refractivity contribution < 1.29 is 27.7 Å². The van der Waals surface area contributed by atoms with Crippen molar-refractivity contribution in [2.75, 3.05) is 25.2 Å². The molecule has 0 bridgehead atoms. The highest BCUT2D eigenvalue weighted by Gasteiger charge is 2.24. The highest BCUT2D eigenvalue weighted by Crippen LogP contribution is 2.36. The zero-order chi connectivity index (χ0) is 31.7. The molecule has 8 nitrogen and oxygen atoms in total. The maximum atomic E-state index is 12.1. The van der Waals surface area contributed by atoms with Crippen LogP contribution in [0, 0.1) is 5.92 Å². The van der Waals surface area contributed by atoms with E-state index >= 15 is 0 Å². The van der Waals surface area contributed by atoms with Crippen LogP contribution in [-0.4, -0.2) is 40.1 Å². The Morgan fingerprint density at radius 1 is 0.795 bits per heavy atom. The van der Waals surface area contributed by atoms with Crippen LogP contribution in [0.3, 0.4) is 0 Å². The number of aliphatic hydroxyl groups excluding tert-OH is 1. The summed E-state index contributed by atoms with van der Waals surface area (Å²) in [6.07, 6.45) is 1.44. The molecule has 3 atom stereocenters. The molecule has 44 heavy (non-hydrogen) atoms. The molecule has 2 unspecified atom stereocenters. The minimum atomic E-state index is -3.59. The molecule has 0 amide bonds. The normalized spacial score (nSPS) is 13.6. The number of anilines is 1. The lowest BCUT2D eigenvalue weighted by molar-refractivity contribution is 0.115. The van der Waals surface area contributed by atoms with E-state index < -0.39 is 22.2 Å². The van der Waals surface area contributed by atoms with E-state index in [-0.39, 0.29) is 24.1 Å². The second-order valence-corrected chi connectivity index (χ2v) is 12.9. The number of hydrogen-bond donors (Lipinski definition) is 3. The lowest BCUT2D eigenvalue weighted by Gasteiger charge is -2.27. The van der Waals surface area contributed by atoms with Crippen LogP contribution in [0.25, 0.3) is 0 Å². The Labute approximate surface area is 260 Å². The number of nitrogens with two attached hydrogens (primary N) is 1. The van der Waals surface area contributed by atoms with Crippen molar-refractivity contribution in [1.29, 1.82) is 0 Å². The fourth-order valence-corrected chi connectivity index (χ4v) is 5.87. The molecule has 0 fully saturated rings. The second kappa shape index (κ2) is 15.1. The predicted octanol–water partition coefficient (Wildman–Crippen LogP) is 6.26. The number of ether oxygens (including phenoxy) is 3. The number of rotatable bonds is 15. The summed E-state index contributed by atoms with van der Waals surface area (Å²) in [7, 11) is -0.295. The summed E-state index contributed by atoms with van der Waals surface area (Å²) in [6, 6.07) is 30.1. The average Bonchev–Trinajstić information content (AvgIpc) is 3.02. The summed E-state index contributed by atoms with van der Waals surface area (Å²) >= 11 is 0. The van der Waals surface area contributed by atoms with Gasteiger partial charge in [-0.1, -0.05) is 67.6 Å². The zero-order valence-electron chi connectivity index (χ0n) is 25.6. The van der Waals surface area contributed by atoms with E-state index in [1.165, 1.54) is 0 Å². The molecule has 0 radical (unpaired) electrons. The fraction of sp³-hybridized carbons (Fsp3) is 0.314. The number of sulfonamides is 1. The van der Waals surface area contributed by atoms with Crippen molar-refractivity contribution in [2.24, 2.45) is 11.7 Å². The largest absolute Gasteiger partial charge is 0.497 e. The van der Waals surface area contributed by atoms with Crippen LogP contribution in [-0.2, 0) is 16.6 Å². The van der Waals surface area contributed by atoms with Crippen LogP contribution in [0.5, 0.6) is 17.2 Å². The summed E-state index contributed by atoms with van der Waals surface area (Å²) in [6.45, 7) is 2.38. The van der Waals surface area contributed by atoms with Gasteiger partial charge >= 0.3 is 0 Å². The highest BCUT2D eigenvalue weighted by atomic mass is 32.2. The number of aliphatic hydroxyl groups is 1. The summed E-state index contributed by atoms with van der Waals surface area (Å²) in [5.41, 5.74) is 10.7. The molecule has 0 aromatic heterocycles. The van der Waals surface area contributed by atoms with Gasteiger partial charge in [0, 0.05) is 5.92 Å². The van der Waals surface area contributed by atoms with E-state index in [2.05, 4.69) is 35.9 Å². The monoisotopic (exact) mass is 618 g/mol. The Morgan fingerprint density at radius 2 is 1.34 bits per heavy atom. The number of benzene rings is 4. The second-order valence-electron chi connectivity index (χ2n) is 11.2. The summed E-state index contributed by atoms with van der Waals surface area (Å²) < 4.78 is 43.4. The maximum absolute atomic E-state index is 12.1. The third-order valence-corrected chi connectivity index (χ3v) is 8.24. The number of nitrogens with one attached hydrogen (secondary N) is 1. The molecule has 0 aliphatic rings. The van der Waals surface area contributed by atoms with Gasteiger partial charge in [-0.3, -0.25) is 4.72 Å². The first-order valence-corrected chi connectivity index (χ1v) is 16.5. The highest BCUT2D eigenvalue weighted by molar-refractivity contribution is 7.92. The Bertz CT molecular complexity index is 1530. The van der Waals surface area contributed by atoms with Crippen LogP contribution in [0.15, 0.2) is 97.1 Å². The topological polar surface area (TPSA) is 120 Å². The Morgan fingerprint density at radius 3 is 1.86 bits per heavy atom. The van der Waals surface area contributed by atoms with Crippen molar-refractivity contribution >= 4 is 15.7 Å². The summed E-state index contributed by atoms with van der Waals surface area (Å²) in [5.74, 6) is 2.14. The van der Waals surface area contributed by atoms with Gasteiger partial charge in [-0.05, 0) is 77.4 Å². The average molecular weight is 619 g/mol. The van der Waals surface area contributed by atoms with Gasteiger partial charge in [0.25, 0.3) is 0 Å². The van der Waals surface area contributed by atoms with E-state index in [1.807, 2.05) is 54.6 Å². The van der Waals surface area contributed by atoms with Crippen molar-refractivity contribution in [3.05, 3.63) is 119 Å². The van der Waals surface area contributed by atoms with Gasteiger partial charge < -0.3 is 25.1 Å². The Hall–Kier alpha value is -4.05. The molecular formula is C35H42N2O6S. The van der Waals surface area contributed by atoms with Gasteiger partial charge in [0.1, 0.15) is 23.9 Å². The molecule has 234 valence electrons. The number of methoxy groups -OCH3 is 2. The summed E-state index contributed by atoms with van der Waals surface area (Å²) in [5, 5.41) is 11.2. The van der Waals surface area contributed by atoms with E-state index in [0.717, 1.165) is 40.9 Å². The van der Waals surface area contributed by atoms with Crippen LogP contribution >= 0.6 is 0 Å². The lowest BCUT2D eigenvalue weighted by atomic mass is 9.81.